The quantitative estimate of drug-likeness (QED) is 0.716. The van der Waals surface area contributed by atoms with Crippen molar-refractivity contribution in [3.8, 4) is 0 Å². The second-order valence-electron chi connectivity index (χ2n) is 6.52. The van der Waals surface area contributed by atoms with Crippen LogP contribution in [0.25, 0.3) is 0 Å². The maximum Gasteiger partial charge on any atom is 0.192 e. The van der Waals surface area contributed by atoms with Crippen molar-refractivity contribution in [2.24, 2.45) is 0 Å². The van der Waals surface area contributed by atoms with Crippen LogP contribution in [0.5, 0.6) is 0 Å². The van der Waals surface area contributed by atoms with Crippen LogP contribution in [0, 0.1) is 0 Å². The minimum atomic E-state index is -1.65. The van der Waals surface area contributed by atoms with Crippen LogP contribution in [0.1, 0.15) is 34.6 Å². The summed E-state index contributed by atoms with van der Waals surface area (Å²) in [5, 5.41) is 0.252. The van der Waals surface area contributed by atoms with E-state index in [1.165, 1.54) is 0 Å². The summed E-state index contributed by atoms with van der Waals surface area (Å²) < 4.78 is 17.4. The lowest BCUT2D eigenvalue weighted by molar-refractivity contribution is -0.141. The van der Waals surface area contributed by atoms with E-state index in [0.29, 0.717) is 13.2 Å². The van der Waals surface area contributed by atoms with Gasteiger partial charge >= 0.3 is 0 Å². The van der Waals surface area contributed by atoms with Crippen LogP contribution in [0.2, 0.25) is 18.1 Å². The van der Waals surface area contributed by atoms with Crippen LogP contribution >= 0.6 is 0 Å². The van der Waals surface area contributed by atoms with E-state index in [2.05, 4.69) is 33.9 Å². The normalized spacial score (nSPS) is 26.1. The Balaban J connectivity index is 2.42. The third-order valence-electron chi connectivity index (χ3n) is 3.50. The van der Waals surface area contributed by atoms with Gasteiger partial charge in [-0.15, -0.1) is 0 Å². The maximum absolute atomic E-state index is 6.11. The molecular formula is C12H26O3Si. The number of rotatable bonds is 3. The third-order valence-corrected chi connectivity index (χ3v) is 8.00. The fraction of sp³-hybridized carbons (Fsp3) is 1.00. The highest BCUT2D eigenvalue weighted by molar-refractivity contribution is 6.74. The minimum Gasteiger partial charge on any atom is -0.414 e. The second-order valence-corrected chi connectivity index (χ2v) is 11.3. The Labute approximate surface area is 101 Å². The first-order valence-corrected chi connectivity index (χ1v) is 8.90. The van der Waals surface area contributed by atoms with Crippen molar-refractivity contribution in [3.05, 3.63) is 0 Å². The molecule has 1 fully saturated rings. The second kappa shape index (κ2) is 4.41. The molecule has 0 aromatic rings. The van der Waals surface area contributed by atoms with E-state index in [0.717, 1.165) is 0 Å². The summed E-state index contributed by atoms with van der Waals surface area (Å²) in [5.74, 6) is -0.443. The van der Waals surface area contributed by atoms with E-state index < -0.39 is 14.1 Å². The molecule has 1 aliphatic rings. The van der Waals surface area contributed by atoms with E-state index in [1.54, 1.807) is 0 Å². The molecule has 0 saturated carbocycles. The highest BCUT2D eigenvalue weighted by Gasteiger charge is 2.39. The SMILES string of the molecule is CC1(C)OC[C@H](CO[Si](C)(C)C(C)(C)C)O1. The molecule has 0 N–H and O–H groups in total. The van der Waals surface area contributed by atoms with Gasteiger partial charge in [-0.05, 0) is 32.0 Å². The standard InChI is InChI=1S/C12H26O3Si/c1-11(2,3)16(6,7)14-9-10-8-13-12(4,5)15-10/h10H,8-9H2,1-7H3/t10-/m1/s1. The summed E-state index contributed by atoms with van der Waals surface area (Å²) in [6.45, 7) is 16.4. The lowest BCUT2D eigenvalue weighted by Gasteiger charge is -2.36. The minimum absolute atomic E-state index is 0.0872. The summed E-state index contributed by atoms with van der Waals surface area (Å²) in [5.41, 5.74) is 0. The van der Waals surface area contributed by atoms with E-state index in [1.807, 2.05) is 13.8 Å². The fourth-order valence-electron chi connectivity index (χ4n) is 1.36. The van der Waals surface area contributed by atoms with Gasteiger partial charge in [0.05, 0.1) is 13.2 Å². The molecule has 0 aromatic carbocycles. The lowest BCUT2D eigenvalue weighted by atomic mass is 10.2. The Bertz CT molecular complexity index is 243. The molecule has 96 valence electrons. The zero-order chi connectivity index (χ0) is 12.6. The van der Waals surface area contributed by atoms with Gasteiger partial charge in [0.15, 0.2) is 14.1 Å². The average Bonchev–Trinajstić information content (AvgIpc) is 2.40. The van der Waals surface area contributed by atoms with E-state index >= 15 is 0 Å². The number of ether oxygens (including phenoxy) is 2. The summed E-state index contributed by atoms with van der Waals surface area (Å²) >= 11 is 0. The molecule has 1 heterocycles. The fourth-order valence-corrected chi connectivity index (χ4v) is 2.40. The summed E-state index contributed by atoms with van der Waals surface area (Å²) in [6, 6.07) is 0. The van der Waals surface area contributed by atoms with Gasteiger partial charge in [-0.1, -0.05) is 20.8 Å². The van der Waals surface area contributed by atoms with Crippen molar-refractivity contribution in [2.45, 2.75) is 64.6 Å². The van der Waals surface area contributed by atoms with Gasteiger partial charge < -0.3 is 13.9 Å². The molecule has 0 spiro atoms. The van der Waals surface area contributed by atoms with Crippen LogP contribution in [0.3, 0.4) is 0 Å². The topological polar surface area (TPSA) is 27.7 Å². The van der Waals surface area contributed by atoms with Crippen LogP contribution in [-0.4, -0.2) is 33.4 Å². The Kier molecular flexibility index (Phi) is 3.90. The zero-order valence-electron chi connectivity index (χ0n) is 11.7. The molecule has 0 radical (unpaired) electrons. The van der Waals surface area contributed by atoms with E-state index in [9.17, 15) is 0 Å². The molecule has 0 unspecified atom stereocenters. The van der Waals surface area contributed by atoms with E-state index in [-0.39, 0.29) is 11.1 Å². The van der Waals surface area contributed by atoms with Crippen molar-refractivity contribution in [2.75, 3.05) is 13.2 Å². The summed E-state index contributed by atoms with van der Waals surface area (Å²) in [4.78, 5) is 0. The average molecular weight is 246 g/mol. The van der Waals surface area contributed by atoms with Crippen molar-refractivity contribution >= 4 is 8.32 Å². The van der Waals surface area contributed by atoms with Crippen molar-refractivity contribution in [3.63, 3.8) is 0 Å². The molecule has 0 aliphatic carbocycles. The molecule has 1 atom stereocenters. The highest BCUT2D eigenvalue weighted by atomic mass is 28.4. The highest BCUT2D eigenvalue weighted by Crippen LogP contribution is 2.37. The van der Waals surface area contributed by atoms with Gasteiger partial charge in [0.1, 0.15) is 6.10 Å². The monoisotopic (exact) mass is 246 g/mol. The molecule has 1 saturated heterocycles. The first-order valence-electron chi connectivity index (χ1n) is 5.99. The Morgan fingerprint density at radius 2 is 1.88 bits per heavy atom. The van der Waals surface area contributed by atoms with Gasteiger partial charge in [0.25, 0.3) is 0 Å². The molecule has 0 amide bonds. The van der Waals surface area contributed by atoms with Gasteiger partial charge in [0.2, 0.25) is 0 Å². The summed E-state index contributed by atoms with van der Waals surface area (Å²) in [7, 11) is -1.65. The van der Waals surface area contributed by atoms with Gasteiger partial charge in [-0.2, -0.15) is 0 Å². The molecule has 1 rings (SSSR count). The Morgan fingerprint density at radius 1 is 1.31 bits per heavy atom. The molecule has 4 heteroatoms. The first kappa shape index (κ1) is 14.2. The van der Waals surface area contributed by atoms with Crippen LogP contribution in [0.4, 0.5) is 0 Å². The summed E-state index contributed by atoms with van der Waals surface area (Å²) in [6.07, 6.45) is 0.0872. The van der Waals surface area contributed by atoms with Gasteiger partial charge in [0, 0.05) is 0 Å². The van der Waals surface area contributed by atoms with Crippen molar-refractivity contribution in [1.82, 2.24) is 0 Å². The predicted octanol–water partition coefficient (Wildman–Crippen LogP) is 3.16. The molecular weight excluding hydrogens is 220 g/mol. The molecule has 3 nitrogen and oxygen atoms in total. The molecule has 0 bridgehead atoms. The van der Waals surface area contributed by atoms with Gasteiger partial charge in [-0.3, -0.25) is 0 Å². The number of hydrogen-bond acceptors (Lipinski definition) is 3. The Hall–Kier alpha value is 0.0969. The van der Waals surface area contributed by atoms with Crippen molar-refractivity contribution in [1.29, 1.82) is 0 Å². The van der Waals surface area contributed by atoms with E-state index in [4.69, 9.17) is 13.9 Å². The zero-order valence-corrected chi connectivity index (χ0v) is 12.7. The Morgan fingerprint density at radius 3 is 2.25 bits per heavy atom. The lowest BCUT2D eigenvalue weighted by Crippen LogP contribution is -2.43. The largest absolute Gasteiger partial charge is 0.414 e. The first-order chi connectivity index (χ1) is 7.04. The number of hydrogen-bond donors (Lipinski definition) is 0. The van der Waals surface area contributed by atoms with Gasteiger partial charge in [-0.25, -0.2) is 0 Å². The van der Waals surface area contributed by atoms with Crippen LogP contribution in [-0.2, 0) is 13.9 Å². The smallest absolute Gasteiger partial charge is 0.192 e. The van der Waals surface area contributed by atoms with Crippen LogP contribution < -0.4 is 0 Å². The van der Waals surface area contributed by atoms with Crippen LogP contribution in [0.15, 0.2) is 0 Å². The molecule has 0 aromatic heterocycles. The van der Waals surface area contributed by atoms with Crippen molar-refractivity contribution < 1.29 is 13.9 Å². The predicted molar refractivity (Wildman–Crippen MR) is 68.1 cm³/mol. The maximum atomic E-state index is 6.11. The molecule has 16 heavy (non-hydrogen) atoms. The molecule has 1 aliphatic heterocycles. The third kappa shape index (κ3) is 3.55.